The van der Waals surface area contributed by atoms with Crippen molar-refractivity contribution in [1.29, 1.82) is 0 Å². The number of ether oxygens (including phenoxy) is 3. The summed E-state index contributed by atoms with van der Waals surface area (Å²) in [7, 11) is 0. The summed E-state index contributed by atoms with van der Waals surface area (Å²) in [5.74, 6) is 0.140. The van der Waals surface area contributed by atoms with Crippen molar-refractivity contribution in [2.45, 2.75) is 19.4 Å². The zero-order valence-electron chi connectivity index (χ0n) is 10.5. The van der Waals surface area contributed by atoms with Gasteiger partial charge in [-0.3, -0.25) is 0 Å². The van der Waals surface area contributed by atoms with E-state index in [1.165, 1.54) is 6.07 Å². The van der Waals surface area contributed by atoms with Crippen molar-refractivity contribution in [3.05, 3.63) is 22.7 Å². The number of aliphatic hydroxyl groups is 1. The second kappa shape index (κ2) is 6.12. The highest BCUT2D eigenvalue weighted by atomic mass is 35.5. The third kappa shape index (κ3) is 2.93. The number of hydrogen-bond donors (Lipinski definition) is 1. The molecule has 1 unspecified atom stereocenters. The molecule has 1 heterocycles. The average Bonchev–Trinajstić information content (AvgIpc) is 2.64. The van der Waals surface area contributed by atoms with Gasteiger partial charge in [0.15, 0.2) is 17.6 Å². The maximum absolute atomic E-state index is 11.5. The van der Waals surface area contributed by atoms with Gasteiger partial charge in [0.25, 0.3) is 0 Å². The normalized spacial score (nSPS) is 15.5. The zero-order chi connectivity index (χ0) is 13.8. The molecular weight excluding hydrogens is 272 g/mol. The largest absolute Gasteiger partial charge is 0.490 e. The summed E-state index contributed by atoms with van der Waals surface area (Å²) >= 11 is 6.17. The first-order valence-electron chi connectivity index (χ1n) is 6.07. The molecule has 5 nitrogen and oxygen atoms in total. The van der Waals surface area contributed by atoms with Crippen LogP contribution < -0.4 is 9.47 Å². The molecule has 1 aromatic carbocycles. The summed E-state index contributed by atoms with van der Waals surface area (Å²) in [6.45, 7) is 2.88. The highest BCUT2D eigenvalue weighted by Gasteiger charge is 2.26. The smallest absolute Gasteiger partial charge is 0.339 e. The van der Waals surface area contributed by atoms with Crippen LogP contribution in [-0.2, 0) is 9.53 Å². The molecule has 104 valence electrons. The Hall–Kier alpha value is -1.46. The van der Waals surface area contributed by atoms with Crippen molar-refractivity contribution in [2.24, 2.45) is 0 Å². The predicted octanol–water partition coefficient (Wildman–Crippen LogP) is 2.10. The maximum Gasteiger partial charge on any atom is 0.339 e. The SMILES string of the molecule is CCOC(=O)C(O)c1ccc2c(c1Cl)OCCCO2. The minimum Gasteiger partial charge on any atom is -0.490 e. The molecule has 0 saturated heterocycles. The zero-order valence-corrected chi connectivity index (χ0v) is 11.3. The lowest BCUT2D eigenvalue weighted by Gasteiger charge is -2.15. The first kappa shape index (κ1) is 14.0. The highest BCUT2D eigenvalue weighted by molar-refractivity contribution is 6.33. The summed E-state index contributed by atoms with van der Waals surface area (Å²) < 4.78 is 15.7. The molecule has 1 aliphatic rings. The van der Waals surface area contributed by atoms with Gasteiger partial charge in [0.1, 0.15) is 0 Å². The predicted molar refractivity (Wildman–Crippen MR) is 68.7 cm³/mol. The molecule has 0 bridgehead atoms. The molecular formula is C13H15ClO5. The Bertz CT molecular complexity index is 474. The van der Waals surface area contributed by atoms with Crippen molar-refractivity contribution < 1.29 is 24.1 Å². The van der Waals surface area contributed by atoms with Gasteiger partial charge in [-0.15, -0.1) is 0 Å². The molecule has 19 heavy (non-hydrogen) atoms. The number of esters is 1. The van der Waals surface area contributed by atoms with Gasteiger partial charge < -0.3 is 19.3 Å². The van der Waals surface area contributed by atoms with E-state index in [9.17, 15) is 9.90 Å². The molecule has 0 fully saturated rings. The monoisotopic (exact) mass is 286 g/mol. The summed E-state index contributed by atoms with van der Waals surface area (Å²) in [5.41, 5.74) is 0.254. The van der Waals surface area contributed by atoms with Crippen molar-refractivity contribution in [2.75, 3.05) is 19.8 Å². The van der Waals surface area contributed by atoms with Gasteiger partial charge in [0, 0.05) is 12.0 Å². The number of hydrogen-bond acceptors (Lipinski definition) is 5. The van der Waals surface area contributed by atoms with Crippen LogP contribution in [0.3, 0.4) is 0 Å². The van der Waals surface area contributed by atoms with Gasteiger partial charge in [-0.2, -0.15) is 0 Å². The van der Waals surface area contributed by atoms with Crippen LogP contribution in [0.25, 0.3) is 0 Å². The van der Waals surface area contributed by atoms with Gasteiger partial charge in [0.2, 0.25) is 0 Å². The number of fused-ring (bicyclic) bond motifs is 1. The van der Waals surface area contributed by atoms with E-state index in [0.717, 1.165) is 6.42 Å². The third-order valence-electron chi connectivity index (χ3n) is 2.69. The molecule has 6 heteroatoms. The van der Waals surface area contributed by atoms with Crippen LogP contribution >= 0.6 is 11.6 Å². The molecule has 0 amide bonds. The van der Waals surface area contributed by atoms with Crippen molar-refractivity contribution in [3.63, 3.8) is 0 Å². The van der Waals surface area contributed by atoms with Gasteiger partial charge in [-0.05, 0) is 13.0 Å². The second-order valence-corrected chi connectivity index (χ2v) is 4.38. The summed E-state index contributed by atoms with van der Waals surface area (Å²) in [6, 6.07) is 3.17. The Labute approximate surface area is 116 Å². The maximum atomic E-state index is 11.5. The fourth-order valence-corrected chi connectivity index (χ4v) is 2.09. The second-order valence-electron chi connectivity index (χ2n) is 4.00. The van der Waals surface area contributed by atoms with Crippen LogP contribution in [0.15, 0.2) is 12.1 Å². The van der Waals surface area contributed by atoms with Crippen LogP contribution in [0.5, 0.6) is 11.5 Å². The fourth-order valence-electron chi connectivity index (χ4n) is 1.78. The number of carbonyl (C=O) groups is 1. The fraction of sp³-hybridized carbons (Fsp3) is 0.462. The molecule has 0 aliphatic carbocycles. The lowest BCUT2D eigenvalue weighted by molar-refractivity contribution is -0.153. The topological polar surface area (TPSA) is 65.0 Å². The number of benzene rings is 1. The molecule has 1 N–H and O–H groups in total. The standard InChI is InChI=1S/C13H15ClO5/c1-2-17-13(16)11(15)8-4-5-9-12(10(8)14)19-7-3-6-18-9/h4-5,11,15H,2-3,6-7H2,1H3. The lowest BCUT2D eigenvalue weighted by atomic mass is 10.1. The molecule has 2 rings (SSSR count). The van der Waals surface area contributed by atoms with E-state index in [1.54, 1.807) is 13.0 Å². The van der Waals surface area contributed by atoms with E-state index >= 15 is 0 Å². The first-order valence-corrected chi connectivity index (χ1v) is 6.45. The van der Waals surface area contributed by atoms with Crippen LogP contribution in [0, 0.1) is 0 Å². The van der Waals surface area contributed by atoms with Crippen LogP contribution in [0.2, 0.25) is 5.02 Å². The van der Waals surface area contributed by atoms with E-state index in [0.29, 0.717) is 24.7 Å². The number of carbonyl (C=O) groups excluding carboxylic acids is 1. The Balaban J connectivity index is 2.32. The van der Waals surface area contributed by atoms with Crippen LogP contribution in [0.1, 0.15) is 25.0 Å². The lowest BCUT2D eigenvalue weighted by Crippen LogP contribution is -2.16. The molecule has 1 aliphatic heterocycles. The van der Waals surface area contributed by atoms with E-state index < -0.39 is 12.1 Å². The molecule has 0 radical (unpaired) electrons. The highest BCUT2D eigenvalue weighted by Crippen LogP contribution is 2.41. The van der Waals surface area contributed by atoms with E-state index in [2.05, 4.69) is 0 Å². The molecule has 0 spiro atoms. The van der Waals surface area contributed by atoms with E-state index in [4.69, 9.17) is 25.8 Å². The van der Waals surface area contributed by atoms with Crippen molar-refractivity contribution in [3.8, 4) is 11.5 Å². The first-order chi connectivity index (χ1) is 9.15. The van der Waals surface area contributed by atoms with Crippen molar-refractivity contribution in [1.82, 2.24) is 0 Å². The molecule has 0 saturated carbocycles. The van der Waals surface area contributed by atoms with Gasteiger partial charge in [0.05, 0.1) is 24.8 Å². The number of halogens is 1. The molecule has 1 aromatic rings. The van der Waals surface area contributed by atoms with E-state index in [-0.39, 0.29) is 17.2 Å². The summed E-state index contributed by atoms with van der Waals surface area (Å²) in [5, 5.41) is 10.1. The number of rotatable bonds is 3. The van der Waals surface area contributed by atoms with E-state index in [1.807, 2.05) is 0 Å². The Morgan fingerprint density at radius 1 is 1.47 bits per heavy atom. The van der Waals surface area contributed by atoms with Gasteiger partial charge in [-0.1, -0.05) is 17.7 Å². The molecule has 1 atom stereocenters. The molecule has 0 aromatic heterocycles. The Morgan fingerprint density at radius 2 is 2.21 bits per heavy atom. The Morgan fingerprint density at radius 3 is 2.95 bits per heavy atom. The van der Waals surface area contributed by atoms with Gasteiger partial charge in [-0.25, -0.2) is 4.79 Å². The Kier molecular flexibility index (Phi) is 4.50. The summed E-state index contributed by atoms with van der Waals surface area (Å²) in [4.78, 5) is 11.5. The minimum absolute atomic E-state index is 0.181. The third-order valence-corrected chi connectivity index (χ3v) is 3.08. The number of aliphatic hydroxyl groups excluding tert-OH is 1. The van der Waals surface area contributed by atoms with Crippen LogP contribution in [0.4, 0.5) is 0 Å². The summed E-state index contributed by atoms with van der Waals surface area (Å²) in [6.07, 6.45) is -0.676. The van der Waals surface area contributed by atoms with Crippen LogP contribution in [-0.4, -0.2) is 30.9 Å². The minimum atomic E-state index is -1.43. The van der Waals surface area contributed by atoms with Crippen molar-refractivity contribution >= 4 is 17.6 Å². The average molecular weight is 287 g/mol. The quantitative estimate of drug-likeness (QED) is 0.862. The van der Waals surface area contributed by atoms with Gasteiger partial charge >= 0.3 is 5.97 Å².